The molecule has 8 heteroatoms. The molecular weight excluding hydrogens is 506 g/mol. The summed E-state index contributed by atoms with van der Waals surface area (Å²) in [5, 5.41) is 8.30. The molecule has 1 atom stereocenters. The molecule has 3 amide bonds. The van der Waals surface area contributed by atoms with Gasteiger partial charge in [-0.1, -0.05) is 74.5 Å². The van der Waals surface area contributed by atoms with E-state index in [4.69, 9.17) is 9.47 Å². The molecule has 0 saturated heterocycles. The van der Waals surface area contributed by atoms with Crippen molar-refractivity contribution < 1.29 is 23.9 Å². The smallest absolute Gasteiger partial charge is 0.412 e. The molecule has 3 N–H and O–H groups in total. The Bertz CT molecular complexity index is 1320. The number of nitrogens with one attached hydrogen (secondary N) is 3. The van der Waals surface area contributed by atoms with E-state index in [9.17, 15) is 14.4 Å². The van der Waals surface area contributed by atoms with Crippen molar-refractivity contribution in [3.8, 4) is 11.1 Å². The number of benzene rings is 3. The predicted molar refractivity (Wildman–Crippen MR) is 155 cm³/mol. The topological polar surface area (TPSA) is 106 Å². The zero-order chi connectivity index (χ0) is 28.9. The molecule has 40 heavy (non-hydrogen) atoms. The summed E-state index contributed by atoms with van der Waals surface area (Å²) in [5.74, 6) is -0.516. The highest BCUT2D eigenvalue weighted by Crippen LogP contribution is 2.44. The number of rotatable bonds is 8. The van der Waals surface area contributed by atoms with E-state index in [0.29, 0.717) is 5.69 Å². The van der Waals surface area contributed by atoms with Crippen molar-refractivity contribution in [1.82, 2.24) is 10.6 Å². The molecular formula is C32H37N3O5. The van der Waals surface area contributed by atoms with Crippen LogP contribution in [-0.2, 0) is 20.8 Å². The molecule has 3 aromatic rings. The second-order valence-corrected chi connectivity index (χ2v) is 11.2. The average Bonchev–Trinajstić information content (AvgIpc) is 3.22. The summed E-state index contributed by atoms with van der Waals surface area (Å²) in [6.45, 7) is 9.56. The Morgan fingerprint density at radius 1 is 0.825 bits per heavy atom. The van der Waals surface area contributed by atoms with Gasteiger partial charge in [-0.25, -0.2) is 9.59 Å². The van der Waals surface area contributed by atoms with E-state index in [1.54, 1.807) is 45.0 Å². The Balaban J connectivity index is 1.29. The third-order valence-electron chi connectivity index (χ3n) is 6.63. The minimum Gasteiger partial charge on any atom is -0.449 e. The van der Waals surface area contributed by atoms with E-state index in [-0.39, 0.29) is 30.9 Å². The molecule has 0 bridgehead atoms. The van der Waals surface area contributed by atoms with Gasteiger partial charge in [0.25, 0.3) is 0 Å². The van der Waals surface area contributed by atoms with Crippen LogP contribution in [0.15, 0.2) is 72.8 Å². The van der Waals surface area contributed by atoms with Crippen molar-refractivity contribution in [2.45, 2.75) is 58.7 Å². The van der Waals surface area contributed by atoms with Crippen LogP contribution in [0, 0.1) is 5.92 Å². The van der Waals surface area contributed by atoms with Crippen molar-refractivity contribution in [2.24, 2.45) is 5.92 Å². The summed E-state index contributed by atoms with van der Waals surface area (Å²) in [5.41, 5.74) is 5.40. The van der Waals surface area contributed by atoms with E-state index < -0.39 is 23.8 Å². The second-order valence-electron chi connectivity index (χ2n) is 11.2. The zero-order valence-electron chi connectivity index (χ0n) is 23.6. The van der Waals surface area contributed by atoms with Gasteiger partial charge in [0, 0.05) is 18.2 Å². The lowest BCUT2D eigenvalue weighted by Gasteiger charge is -2.22. The molecule has 3 aromatic carbocycles. The van der Waals surface area contributed by atoms with E-state index in [1.165, 1.54) is 0 Å². The van der Waals surface area contributed by atoms with Crippen LogP contribution in [0.4, 0.5) is 15.3 Å². The molecule has 210 valence electrons. The third kappa shape index (κ3) is 7.20. The van der Waals surface area contributed by atoms with Gasteiger partial charge in [-0.05, 0) is 66.6 Å². The molecule has 0 fully saturated rings. The maximum atomic E-state index is 13.0. The lowest BCUT2D eigenvalue weighted by Crippen LogP contribution is -2.49. The fourth-order valence-electron chi connectivity index (χ4n) is 4.73. The summed E-state index contributed by atoms with van der Waals surface area (Å²) in [4.78, 5) is 37.7. The number of alkyl carbamates (subject to hydrolysis) is 1. The van der Waals surface area contributed by atoms with Gasteiger partial charge >= 0.3 is 12.2 Å². The van der Waals surface area contributed by atoms with Crippen molar-refractivity contribution in [3.63, 3.8) is 0 Å². The van der Waals surface area contributed by atoms with Crippen LogP contribution in [-0.4, -0.2) is 36.3 Å². The lowest BCUT2D eigenvalue weighted by molar-refractivity contribution is -0.124. The number of hydrogen-bond donors (Lipinski definition) is 3. The minimum atomic E-state index is -0.760. The van der Waals surface area contributed by atoms with Crippen molar-refractivity contribution in [3.05, 3.63) is 89.5 Å². The van der Waals surface area contributed by atoms with Gasteiger partial charge in [-0.15, -0.1) is 0 Å². The molecule has 0 aliphatic heterocycles. The van der Waals surface area contributed by atoms with Gasteiger partial charge in [-0.3, -0.25) is 10.1 Å². The summed E-state index contributed by atoms with van der Waals surface area (Å²) < 4.78 is 10.9. The molecule has 8 nitrogen and oxygen atoms in total. The number of carbonyl (C=O) groups excluding carboxylic acids is 3. The van der Waals surface area contributed by atoms with Crippen LogP contribution in [0.3, 0.4) is 0 Å². The molecule has 0 heterocycles. The zero-order valence-corrected chi connectivity index (χ0v) is 23.6. The maximum absolute atomic E-state index is 13.0. The molecule has 4 rings (SSSR count). The molecule has 0 aromatic heterocycles. The Labute approximate surface area is 235 Å². The van der Waals surface area contributed by atoms with Crippen LogP contribution >= 0.6 is 0 Å². The molecule has 0 unspecified atom stereocenters. The highest BCUT2D eigenvalue weighted by Gasteiger charge is 2.30. The largest absolute Gasteiger partial charge is 0.449 e. The number of amides is 3. The van der Waals surface area contributed by atoms with Crippen molar-refractivity contribution in [2.75, 3.05) is 11.9 Å². The van der Waals surface area contributed by atoms with E-state index >= 15 is 0 Å². The molecule has 0 saturated carbocycles. The summed E-state index contributed by atoms with van der Waals surface area (Å²) in [7, 11) is 0. The van der Waals surface area contributed by atoms with E-state index in [2.05, 4.69) is 40.2 Å². The van der Waals surface area contributed by atoms with Gasteiger partial charge < -0.3 is 20.1 Å². The summed E-state index contributed by atoms with van der Waals surface area (Å²) in [6, 6.07) is 22.6. The first-order valence-corrected chi connectivity index (χ1v) is 13.5. The van der Waals surface area contributed by atoms with Gasteiger partial charge in [0.05, 0.1) is 0 Å². The van der Waals surface area contributed by atoms with Crippen LogP contribution in [0.2, 0.25) is 0 Å². The first-order chi connectivity index (χ1) is 19.0. The van der Waals surface area contributed by atoms with E-state index in [0.717, 1.165) is 27.8 Å². The quantitative estimate of drug-likeness (QED) is 0.313. The Morgan fingerprint density at radius 2 is 1.40 bits per heavy atom. The minimum absolute atomic E-state index is 0.0581. The average molecular weight is 544 g/mol. The predicted octanol–water partition coefficient (Wildman–Crippen LogP) is 6.21. The number of ether oxygens (including phenoxy) is 2. The van der Waals surface area contributed by atoms with E-state index in [1.807, 2.05) is 38.1 Å². The van der Waals surface area contributed by atoms with Crippen molar-refractivity contribution >= 4 is 23.8 Å². The maximum Gasteiger partial charge on any atom is 0.412 e. The van der Waals surface area contributed by atoms with Gasteiger partial charge in [0.1, 0.15) is 18.2 Å². The Hall–Kier alpha value is -4.33. The second kappa shape index (κ2) is 12.2. The standard InChI is InChI=1S/C32H37N3O5/c1-20(2)28(29(36)33-18-21-14-16-22(17-15-21)34-31(38)40-32(3,4)5)35-30(37)39-19-27-25-12-8-6-10-23(25)24-11-7-9-13-26(24)27/h6-17,20,27-28H,18-19H2,1-5H3,(H,33,36)(H,34,38)(H,35,37)/t28-/m0/s1. The van der Waals surface area contributed by atoms with Crippen LogP contribution in [0.1, 0.15) is 57.2 Å². The SMILES string of the molecule is CC(C)[C@H](NC(=O)OCC1c2ccccc2-c2ccccc21)C(=O)NCc1ccc(NC(=O)OC(C)(C)C)cc1. The number of carbonyl (C=O) groups is 3. The first kappa shape index (κ1) is 28.7. The molecule has 0 radical (unpaired) electrons. The fraction of sp³-hybridized carbons (Fsp3) is 0.344. The lowest BCUT2D eigenvalue weighted by atomic mass is 9.98. The van der Waals surface area contributed by atoms with Gasteiger partial charge in [-0.2, -0.15) is 0 Å². The number of hydrogen-bond acceptors (Lipinski definition) is 5. The molecule has 1 aliphatic rings. The highest BCUT2D eigenvalue weighted by atomic mass is 16.6. The van der Waals surface area contributed by atoms with Crippen LogP contribution < -0.4 is 16.0 Å². The monoisotopic (exact) mass is 543 g/mol. The normalized spacial score (nSPS) is 13.2. The highest BCUT2D eigenvalue weighted by molar-refractivity contribution is 5.86. The Kier molecular flexibility index (Phi) is 8.77. The van der Waals surface area contributed by atoms with Gasteiger partial charge in [0.2, 0.25) is 5.91 Å². The molecule has 1 aliphatic carbocycles. The van der Waals surface area contributed by atoms with Crippen LogP contribution in [0.25, 0.3) is 11.1 Å². The Morgan fingerprint density at radius 3 is 1.95 bits per heavy atom. The summed E-state index contributed by atoms with van der Waals surface area (Å²) in [6.07, 6.45) is -1.17. The summed E-state index contributed by atoms with van der Waals surface area (Å²) >= 11 is 0. The fourth-order valence-corrected chi connectivity index (χ4v) is 4.73. The van der Waals surface area contributed by atoms with Gasteiger partial charge in [0.15, 0.2) is 0 Å². The van der Waals surface area contributed by atoms with Crippen molar-refractivity contribution in [1.29, 1.82) is 0 Å². The first-order valence-electron chi connectivity index (χ1n) is 13.5. The third-order valence-corrected chi connectivity index (χ3v) is 6.63. The number of fused-ring (bicyclic) bond motifs is 3. The molecule has 0 spiro atoms. The number of anilines is 1. The van der Waals surface area contributed by atoms with Crippen LogP contribution in [0.5, 0.6) is 0 Å².